The summed E-state index contributed by atoms with van der Waals surface area (Å²) in [6.07, 6.45) is 0.244. The molecular weight excluding hydrogens is 236 g/mol. The van der Waals surface area contributed by atoms with E-state index in [2.05, 4.69) is 31.1 Å². The lowest BCUT2D eigenvalue weighted by molar-refractivity contribution is 0.397. The van der Waals surface area contributed by atoms with E-state index in [0.717, 1.165) is 5.02 Å². The van der Waals surface area contributed by atoms with E-state index >= 15 is 0 Å². The van der Waals surface area contributed by atoms with Gasteiger partial charge >= 0.3 is 0 Å². The lowest BCUT2D eigenvalue weighted by atomic mass is 10.1. The summed E-state index contributed by atoms with van der Waals surface area (Å²) in [5.74, 6) is 3.22. The standard InChI is InChI=1S/C13H15ClOSi/c1-16(2,3)9-8-12-13(15-12)10-4-6-11(14)7-5-10/h4-7,12-13H,1-3H3/t12-,13-/m0/s1. The summed E-state index contributed by atoms with van der Waals surface area (Å²) in [5.41, 5.74) is 4.50. The lowest BCUT2D eigenvalue weighted by Crippen LogP contribution is -2.16. The number of benzene rings is 1. The zero-order valence-corrected chi connectivity index (χ0v) is 11.5. The van der Waals surface area contributed by atoms with Crippen molar-refractivity contribution in [2.75, 3.05) is 0 Å². The molecule has 1 aromatic rings. The van der Waals surface area contributed by atoms with E-state index in [1.165, 1.54) is 5.56 Å². The van der Waals surface area contributed by atoms with Gasteiger partial charge in [0.2, 0.25) is 0 Å². The first kappa shape index (κ1) is 11.7. The summed E-state index contributed by atoms with van der Waals surface area (Å²) >= 11 is 5.83. The van der Waals surface area contributed by atoms with Gasteiger partial charge in [0.1, 0.15) is 20.3 Å². The van der Waals surface area contributed by atoms with E-state index < -0.39 is 8.07 Å². The summed E-state index contributed by atoms with van der Waals surface area (Å²) in [5, 5.41) is 0.758. The Labute approximate surface area is 103 Å². The van der Waals surface area contributed by atoms with Gasteiger partial charge in [-0.25, -0.2) is 0 Å². The van der Waals surface area contributed by atoms with Crippen molar-refractivity contribution in [3.63, 3.8) is 0 Å². The van der Waals surface area contributed by atoms with Crippen LogP contribution in [0.4, 0.5) is 0 Å². The average Bonchev–Trinajstić information content (AvgIpc) is 2.94. The van der Waals surface area contributed by atoms with Crippen molar-refractivity contribution < 1.29 is 4.74 Å². The molecule has 0 aliphatic carbocycles. The summed E-state index contributed by atoms with van der Waals surface area (Å²) in [7, 11) is -1.28. The van der Waals surface area contributed by atoms with Crippen molar-refractivity contribution >= 4 is 19.7 Å². The molecule has 0 radical (unpaired) electrons. The van der Waals surface area contributed by atoms with Gasteiger partial charge in [0, 0.05) is 5.02 Å². The first-order chi connectivity index (χ1) is 7.46. The third kappa shape index (κ3) is 3.12. The third-order valence-electron chi connectivity index (χ3n) is 2.28. The number of halogens is 1. The Hall–Kier alpha value is -0.753. The predicted octanol–water partition coefficient (Wildman–Crippen LogP) is 3.66. The smallest absolute Gasteiger partial charge is 0.148 e. The molecule has 16 heavy (non-hydrogen) atoms. The number of rotatable bonds is 1. The van der Waals surface area contributed by atoms with Crippen LogP contribution in [0.2, 0.25) is 24.7 Å². The van der Waals surface area contributed by atoms with E-state index in [0.29, 0.717) is 0 Å². The molecule has 1 saturated heterocycles. The van der Waals surface area contributed by atoms with Crippen LogP contribution in [0.5, 0.6) is 0 Å². The van der Waals surface area contributed by atoms with Gasteiger partial charge < -0.3 is 4.74 Å². The highest BCUT2D eigenvalue weighted by atomic mass is 35.5. The number of ether oxygens (including phenoxy) is 1. The van der Waals surface area contributed by atoms with Crippen molar-refractivity contribution in [1.82, 2.24) is 0 Å². The maximum atomic E-state index is 5.83. The van der Waals surface area contributed by atoms with Gasteiger partial charge in [-0.05, 0) is 17.7 Å². The molecule has 1 fully saturated rings. The van der Waals surface area contributed by atoms with Crippen LogP contribution in [-0.4, -0.2) is 14.2 Å². The van der Waals surface area contributed by atoms with Crippen LogP contribution >= 0.6 is 11.6 Å². The van der Waals surface area contributed by atoms with Gasteiger partial charge in [0.25, 0.3) is 0 Å². The van der Waals surface area contributed by atoms with Gasteiger partial charge in [-0.1, -0.05) is 49.3 Å². The molecule has 1 aliphatic heterocycles. The SMILES string of the molecule is C[Si](C)(C)C#C[C@@H]1O[C@H]1c1ccc(Cl)cc1. The molecule has 1 nitrogen and oxygen atoms in total. The van der Waals surface area contributed by atoms with Crippen molar-refractivity contribution in [2.24, 2.45) is 0 Å². The molecule has 0 N–H and O–H groups in total. The Morgan fingerprint density at radius 2 is 1.81 bits per heavy atom. The van der Waals surface area contributed by atoms with Crippen molar-refractivity contribution in [3.05, 3.63) is 34.9 Å². The van der Waals surface area contributed by atoms with E-state index in [1.54, 1.807) is 0 Å². The van der Waals surface area contributed by atoms with Gasteiger partial charge in [-0.3, -0.25) is 0 Å². The predicted molar refractivity (Wildman–Crippen MR) is 70.2 cm³/mol. The van der Waals surface area contributed by atoms with Crippen LogP contribution in [0.1, 0.15) is 11.7 Å². The molecule has 2 rings (SSSR count). The fraction of sp³-hybridized carbons (Fsp3) is 0.385. The van der Waals surface area contributed by atoms with Gasteiger partial charge in [0.15, 0.2) is 0 Å². The van der Waals surface area contributed by atoms with Crippen LogP contribution in [0.25, 0.3) is 0 Å². The second-order valence-electron chi connectivity index (χ2n) is 5.05. The van der Waals surface area contributed by atoms with Gasteiger partial charge in [0.05, 0.1) is 0 Å². The number of hydrogen-bond acceptors (Lipinski definition) is 1. The van der Waals surface area contributed by atoms with Gasteiger partial charge in [-0.15, -0.1) is 5.54 Å². The fourth-order valence-electron chi connectivity index (χ4n) is 1.42. The lowest BCUT2D eigenvalue weighted by Gasteiger charge is -2.02. The first-order valence-corrected chi connectivity index (χ1v) is 9.27. The van der Waals surface area contributed by atoms with Crippen LogP contribution in [0.3, 0.4) is 0 Å². The molecule has 0 unspecified atom stereocenters. The van der Waals surface area contributed by atoms with Gasteiger partial charge in [-0.2, -0.15) is 0 Å². The quantitative estimate of drug-likeness (QED) is 0.421. The Kier molecular flexibility index (Phi) is 3.12. The maximum Gasteiger partial charge on any atom is 0.148 e. The highest BCUT2D eigenvalue weighted by Gasteiger charge is 2.38. The summed E-state index contributed by atoms with van der Waals surface area (Å²) in [4.78, 5) is 0. The number of epoxide rings is 1. The summed E-state index contributed by atoms with van der Waals surface area (Å²) in [6, 6.07) is 7.79. The normalized spacial score (nSPS) is 23.5. The Bertz CT molecular complexity index is 436. The summed E-state index contributed by atoms with van der Waals surface area (Å²) < 4.78 is 5.54. The fourth-order valence-corrected chi connectivity index (χ4v) is 2.12. The second kappa shape index (κ2) is 4.25. The van der Waals surface area contributed by atoms with Crippen LogP contribution < -0.4 is 0 Å². The number of hydrogen-bond donors (Lipinski definition) is 0. The minimum Gasteiger partial charge on any atom is -0.351 e. The van der Waals surface area contributed by atoms with E-state index in [4.69, 9.17) is 16.3 Å². The highest BCUT2D eigenvalue weighted by molar-refractivity contribution is 6.83. The van der Waals surface area contributed by atoms with Crippen molar-refractivity contribution in [1.29, 1.82) is 0 Å². The molecule has 1 aromatic carbocycles. The van der Waals surface area contributed by atoms with Crippen molar-refractivity contribution in [2.45, 2.75) is 31.8 Å². The third-order valence-corrected chi connectivity index (χ3v) is 3.43. The molecule has 0 bridgehead atoms. The zero-order valence-electron chi connectivity index (χ0n) is 9.75. The van der Waals surface area contributed by atoms with Crippen molar-refractivity contribution in [3.8, 4) is 11.5 Å². The molecule has 2 atom stereocenters. The monoisotopic (exact) mass is 250 g/mol. The molecule has 0 aromatic heterocycles. The average molecular weight is 251 g/mol. The largest absolute Gasteiger partial charge is 0.351 e. The van der Waals surface area contributed by atoms with E-state index in [-0.39, 0.29) is 12.2 Å². The van der Waals surface area contributed by atoms with E-state index in [9.17, 15) is 0 Å². The van der Waals surface area contributed by atoms with E-state index in [1.807, 2.05) is 24.3 Å². The molecule has 0 amide bonds. The minimum absolute atomic E-state index is 0.0906. The van der Waals surface area contributed by atoms with Crippen LogP contribution in [-0.2, 0) is 4.74 Å². The first-order valence-electron chi connectivity index (χ1n) is 5.39. The summed E-state index contributed by atoms with van der Waals surface area (Å²) in [6.45, 7) is 6.71. The molecule has 84 valence electrons. The van der Waals surface area contributed by atoms with Crippen LogP contribution in [0.15, 0.2) is 24.3 Å². The minimum atomic E-state index is -1.28. The Balaban J connectivity index is 2.01. The molecule has 1 heterocycles. The molecule has 1 aliphatic rings. The molecule has 3 heteroatoms. The topological polar surface area (TPSA) is 12.5 Å². The maximum absolute atomic E-state index is 5.83. The molecule has 0 saturated carbocycles. The molecule has 0 spiro atoms. The Morgan fingerprint density at radius 1 is 1.19 bits per heavy atom. The second-order valence-corrected chi connectivity index (χ2v) is 10.2. The van der Waals surface area contributed by atoms with Crippen LogP contribution in [0, 0.1) is 11.5 Å². The highest BCUT2D eigenvalue weighted by Crippen LogP contribution is 2.38. The Morgan fingerprint density at radius 3 is 2.38 bits per heavy atom. The molecular formula is C13H15ClOSi. The zero-order chi connectivity index (χ0) is 11.8.